The number of nitrogens with zero attached hydrogens (tertiary/aromatic N) is 1. The van der Waals surface area contributed by atoms with Gasteiger partial charge in [0, 0.05) is 5.56 Å². The van der Waals surface area contributed by atoms with Crippen LogP contribution in [0.1, 0.15) is 18.1 Å². The van der Waals surface area contributed by atoms with E-state index in [0.29, 0.717) is 17.1 Å². The van der Waals surface area contributed by atoms with Crippen LogP contribution in [-0.2, 0) is 16.0 Å². The minimum absolute atomic E-state index is 0.192. The Kier molecular flexibility index (Phi) is 5.79. The van der Waals surface area contributed by atoms with Gasteiger partial charge in [-0.1, -0.05) is 0 Å². The fourth-order valence-corrected chi connectivity index (χ4v) is 2.30. The molecular weight excluding hydrogens is 326 g/mol. The first-order valence-corrected chi connectivity index (χ1v) is 7.49. The summed E-state index contributed by atoms with van der Waals surface area (Å²) in [5.41, 5.74) is -0.224. The minimum Gasteiger partial charge on any atom is -0.493 e. The summed E-state index contributed by atoms with van der Waals surface area (Å²) in [6.45, 7) is 1.89. The molecule has 0 aliphatic rings. The highest BCUT2D eigenvalue weighted by molar-refractivity contribution is 5.74. The van der Waals surface area contributed by atoms with Gasteiger partial charge in [-0.2, -0.15) is 5.26 Å². The van der Waals surface area contributed by atoms with Gasteiger partial charge in [0.15, 0.2) is 11.5 Å². The Morgan fingerprint density at radius 1 is 1.20 bits per heavy atom. The van der Waals surface area contributed by atoms with Crippen molar-refractivity contribution in [3.63, 3.8) is 0 Å². The summed E-state index contributed by atoms with van der Waals surface area (Å²) in [5, 5.41) is 9.16. The molecule has 7 heteroatoms. The van der Waals surface area contributed by atoms with Gasteiger partial charge in [-0.25, -0.2) is 4.79 Å². The summed E-state index contributed by atoms with van der Waals surface area (Å²) >= 11 is 0. The Bertz CT molecular complexity index is 878. The molecular formula is C18H17NO6. The van der Waals surface area contributed by atoms with Gasteiger partial charge < -0.3 is 18.6 Å². The van der Waals surface area contributed by atoms with Crippen molar-refractivity contribution in [3.8, 4) is 28.9 Å². The van der Waals surface area contributed by atoms with E-state index in [4.69, 9.17) is 23.9 Å². The molecule has 2 aromatic rings. The van der Waals surface area contributed by atoms with E-state index in [1.807, 2.05) is 0 Å². The second-order valence-corrected chi connectivity index (χ2v) is 4.96. The monoisotopic (exact) mass is 343 g/mol. The van der Waals surface area contributed by atoms with Gasteiger partial charge in [-0.15, -0.1) is 0 Å². The zero-order valence-electron chi connectivity index (χ0n) is 14.1. The first-order valence-electron chi connectivity index (χ1n) is 7.49. The molecule has 1 aromatic heterocycles. The second kappa shape index (κ2) is 8.02. The van der Waals surface area contributed by atoms with E-state index in [1.54, 1.807) is 31.2 Å². The molecule has 0 aliphatic heterocycles. The summed E-state index contributed by atoms with van der Waals surface area (Å²) in [5.74, 6) is 0.667. The molecule has 0 unspecified atom stereocenters. The van der Waals surface area contributed by atoms with Gasteiger partial charge in [0.05, 0.1) is 27.2 Å². The van der Waals surface area contributed by atoms with Gasteiger partial charge in [0.1, 0.15) is 17.4 Å². The summed E-state index contributed by atoms with van der Waals surface area (Å²) in [6.07, 6.45) is -0.192. The van der Waals surface area contributed by atoms with Crippen LogP contribution in [0.2, 0.25) is 0 Å². The van der Waals surface area contributed by atoms with E-state index >= 15 is 0 Å². The number of nitriles is 1. The van der Waals surface area contributed by atoms with Crippen LogP contribution in [0.15, 0.2) is 33.5 Å². The number of hydrogen-bond acceptors (Lipinski definition) is 7. The molecule has 1 heterocycles. The van der Waals surface area contributed by atoms with E-state index < -0.39 is 11.6 Å². The van der Waals surface area contributed by atoms with E-state index in [-0.39, 0.29) is 29.9 Å². The van der Waals surface area contributed by atoms with Crippen LogP contribution in [0.4, 0.5) is 0 Å². The lowest BCUT2D eigenvalue weighted by atomic mass is 10.0. The molecule has 0 aliphatic carbocycles. The molecule has 0 bridgehead atoms. The largest absolute Gasteiger partial charge is 0.493 e. The van der Waals surface area contributed by atoms with Crippen LogP contribution in [0.25, 0.3) is 11.3 Å². The zero-order chi connectivity index (χ0) is 18.4. The highest BCUT2D eigenvalue weighted by atomic mass is 16.5. The fraction of sp³-hybridized carbons (Fsp3) is 0.278. The Hall–Kier alpha value is -3.27. The van der Waals surface area contributed by atoms with E-state index in [0.717, 1.165) is 0 Å². The van der Waals surface area contributed by atoms with E-state index in [1.165, 1.54) is 20.3 Å². The van der Waals surface area contributed by atoms with E-state index in [2.05, 4.69) is 0 Å². The van der Waals surface area contributed by atoms with Crippen molar-refractivity contribution >= 4 is 5.97 Å². The van der Waals surface area contributed by atoms with Gasteiger partial charge in [-0.3, -0.25) is 4.79 Å². The lowest BCUT2D eigenvalue weighted by molar-refractivity contribution is -0.142. The van der Waals surface area contributed by atoms with Gasteiger partial charge in [-0.05, 0) is 36.8 Å². The summed E-state index contributed by atoms with van der Waals surface area (Å²) in [4.78, 5) is 23.8. The quantitative estimate of drug-likeness (QED) is 0.742. The predicted molar refractivity (Wildman–Crippen MR) is 88.6 cm³/mol. The Labute approximate surface area is 144 Å². The number of benzene rings is 1. The van der Waals surface area contributed by atoms with Crippen molar-refractivity contribution in [2.45, 2.75) is 13.3 Å². The summed E-state index contributed by atoms with van der Waals surface area (Å²) in [7, 11) is 3.00. The number of carbonyl (C=O) groups excluding carboxylic acids is 1. The molecule has 0 N–H and O–H groups in total. The summed E-state index contributed by atoms with van der Waals surface area (Å²) < 4.78 is 20.5. The summed E-state index contributed by atoms with van der Waals surface area (Å²) in [6, 6.07) is 8.24. The lowest BCUT2D eigenvalue weighted by Gasteiger charge is -2.10. The number of rotatable bonds is 6. The molecule has 0 radical (unpaired) electrons. The molecule has 25 heavy (non-hydrogen) atoms. The highest BCUT2D eigenvalue weighted by Crippen LogP contribution is 2.32. The third-order valence-electron chi connectivity index (χ3n) is 3.45. The van der Waals surface area contributed by atoms with E-state index in [9.17, 15) is 9.59 Å². The van der Waals surface area contributed by atoms with Gasteiger partial charge in [0.2, 0.25) is 0 Å². The second-order valence-electron chi connectivity index (χ2n) is 4.96. The fourth-order valence-electron chi connectivity index (χ4n) is 2.30. The van der Waals surface area contributed by atoms with Crippen molar-refractivity contribution in [3.05, 3.63) is 45.8 Å². The minimum atomic E-state index is -0.811. The Morgan fingerprint density at radius 3 is 2.52 bits per heavy atom. The SMILES string of the molecule is CCOC(=O)Cc1cc(-c2ccc(OC)c(OC)c2)oc(=O)c1C#N. The maximum atomic E-state index is 12.1. The van der Waals surface area contributed by atoms with Crippen LogP contribution in [0.5, 0.6) is 11.5 Å². The van der Waals surface area contributed by atoms with Crippen LogP contribution in [0, 0.1) is 11.3 Å². The standard InChI is InChI=1S/C18H17NO6/c1-4-24-17(20)9-12-8-15(25-18(21)13(12)10-19)11-5-6-14(22-2)16(7-11)23-3/h5-8H,4,9H2,1-3H3. The van der Waals surface area contributed by atoms with Crippen molar-refractivity contribution in [1.29, 1.82) is 5.26 Å². The Morgan fingerprint density at radius 2 is 1.92 bits per heavy atom. The molecule has 130 valence electrons. The maximum absolute atomic E-state index is 12.1. The molecule has 2 rings (SSSR count). The molecule has 0 saturated heterocycles. The third-order valence-corrected chi connectivity index (χ3v) is 3.45. The number of carbonyl (C=O) groups is 1. The lowest BCUT2D eigenvalue weighted by Crippen LogP contribution is -2.14. The smallest absolute Gasteiger partial charge is 0.354 e. The zero-order valence-corrected chi connectivity index (χ0v) is 14.1. The van der Waals surface area contributed by atoms with Gasteiger partial charge >= 0.3 is 11.6 Å². The first-order chi connectivity index (χ1) is 12.0. The molecule has 7 nitrogen and oxygen atoms in total. The number of methoxy groups -OCH3 is 2. The topological polar surface area (TPSA) is 98.8 Å². The third kappa shape index (κ3) is 3.98. The molecule has 0 fully saturated rings. The average Bonchev–Trinajstić information content (AvgIpc) is 2.61. The highest BCUT2D eigenvalue weighted by Gasteiger charge is 2.17. The van der Waals surface area contributed by atoms with Crippen LogP contribution < -0.4 is 15.1 Å². The number of esters is 1. The molecule has 1 aromatic carbocycles. The number of hydrogen-bond donors (Lipinski definition) is 0. The van der Waals surface area contributed by atoms with Crippen molar-refractivity contribution in [1.82, 2.24) is 0 Å². The van der Waals surface area contributed by atoms with Gasteiger partial charge in [0.25, 0.3) is 0 Å². The molecule has 0 atom stereocenters. The number of ether oxygens (including phenoxy) is 3. The predicted octanol–water partition coefficient (Wildman–Crippen LogP) is 2.30. The normalized spacial score (nSPS) is 10.0. The molecule has 0 amide bonds. The van der Waals surface area contributed by atoms with Crippen LogP contribution in [0.3, 0.4) is 0 Å². The van der Waals surface area contributed by atoms with Crippen molar-refractivity contribution < 1.29 is 23.4 Å². The Balaban J connectivity index is 2.53. The first kappa shape index (κ1) is 18.1. The van der Waals surface area contributed by atoms with Crippen molar-refractivity contribution in [2.75, 3.05) is 20.8 Å². The van der Waals surface area contributed by atoms with Crippen molar-refractivity contribution in [2.24, 2.45) is 0 Å². The molecule has 0 spiro atoms. The molecule has 0 saturated carbocycles. The van der Waals surface area contributed by atoms with Crippen LogP contribution in [-0.4, -0.2) is 26.8 Å². The van der Waals surface area contributed by atoms with Crippen LogP contribution >= 0.6 is 0 Å². The maximum Gasteiger partial charge on any atom is 0.354 e. The average molecular weight is 343 g/mol.